The lowest BCUT2D eigenvalue weighted by Crippen LogP contribution is -2.11. The van der Waals surface area contributed by atoms with Gasteiger partial charge in [0.2, 0.25) is 0 Å². The molecule has 0 aliphatic carbocycles. The van der Waals surface area contributed by atoms with Crippen molar-refractivity contribution in [3.8, 4) is 67.5 Å². The third kappa shape index (κ3) is 8.36. The van der Waals surface area contributed by atoms with Gasteiger partial charge in [-0.2, -0.15) is 0 Å². The van der Waals surface area contributed by atoms with Crippen LogP contribution in [0.2, 0.25) is 0 Å². The van der Waals surface area contributed by atoms with Crippen LogP contribution in [0.3, 0.4) is 0 Å². The molecule has 8 aromatic rings. The number of fused-ring (bicyclic) bond motifs is 1. The van der Waals surface area contributed by atoms with E-state index in [1.54, 1.807) is 63.6 Å². The largest absolute Gasteiger partial charge is 0.507 e. The van der Waals surface area contributed by atoms with Crippen LogP contribution in [-0.4, -0.2) is 19.6 Å². The Hall–Kier alpha value is -6.26. The van der Waals surface area contributed by atoms with E-state index in [1.807, 2.05) is 79.7 Å². The highest BCUT2D eigenvalue weighted by Gasteiger charge is 2.25. The van der Waals surface area contributed by atoms with E-state index < -0.39 is 44.6 Å². The van der Waals surface area contributed by atoms with E-state index in [0.717, 1.165) is 22.3 Å². The number of rotatable bonds is 8. The number of para-hydroxylation sites is 1. The molecule has 0 spiro atoms. The van der Waals surface area contributed by atoms with E-state index in [-0.39, 0.29) is 22.3 Å². The fraction of sp³-hybridized carbons (Fsp3) is 0.288. The Morgan fingerprint density at radius 2 is 1.30 bits per heavy atom. The number of aryl methyl sites for hydroxylation is 3. The smallest absolute Gasteiger partial charge is 0.149 e. The van der Waals surface area contributed by atoms with Crippen molar-refractivity contribution in [3.05, 3.63) is 166 Å². The van der Waals surface area contributed by atoms with Gasteiger partial charge in [0.15, 0.2) is 0 Å². The Labute approximate surface area is 395 Å². The molecule has 0 aliphatic heterocycles. The summed E-state index contributed by atoms with van der Waals surface area (Å²) in [4.78, 5) is 10.1. The average Bonchev–Trinajstić information content (AvgIpc) is 3.73. The minimum absolute atomic E-state index is 0.0000813. The molecule has 0 atom stereocenters. The monoisotopic (exact) mass is 844 g/mol. The fourth-order valence-electron chi connectivity index (χ4n) is 8.52. The lowest BCUT2D eigenvalue weighted by molar-refractivity contribution is 0.472. The predicted octanol–water partition coefficient (Wildman–Crippen LogP) is 16.2. The van der Waals surface area contributed by atoms with Crippen molar-refractivity contribution in [3.63, 3.8) is 0 Å². The van der Waals surface area contributed by atoms with E-state index in [9.17, 15) is 5.11 Å². The maximum atomic E-state index is 11.9. The van der Waals surface area contributed by atoms with Crippen LogP contribution >= 0.6 is 0 Å². The standard InChI is InChI=1S/C59H63N3O/c1-35(2)47-16-14-17-48(36(3)4)54(47)42-22-25-52(38(6)30-42)62-53-19-15-18-49(55(53)61-57(62)50-29-37(5)28-39(7)56(50)63)43-31-44(33-46(32-43)59(11,12)13)51-34-41(26-27-60-51)40-20-23-45(24-21-40)58(8,9)10/h14-36,63H,1-13H3/i6D3,8D3,9D3,10D3,35D,36D. The van der Waals surface area contributed by atoms with Gasteiger partial charge in [0.1, 0.15) is 11.6 Å². The number of aromatic nitrogens is 3. The molecule has 0 fully saturated rings. The molecule has 0 bridgehead atoms. The first-order chi connectivity index (χ1) is 35.4. The predicted molar refractivity (Wildman–Crippen MR) is 267 cm³/mol. The van der Waals surface area contributed by atoms with Crippen LogP contribution in [0.25, 0.3) is 72.7 Å². The summed E-state index contributed by atoms with van der Waals surface area (Å²) in [5.41, 5.74) is 6.73. The highest BCUT2D eigenvalue weighted by Crippen LogP contribution is 2.43. The first-order valence-corrected chi connectivity index (χ1v) is 21.2. The van der Waals surface area contributed by atoms with Gasteiger partial charge in [-0.15, -0.1) is 0 Å². The zero-order valence-electron chi connectivity index (χ0n) is 51.4. The Balaban J connectivity index is 1.35. The highest BCUT2D eigenvalue weighted by atomic mass is 16.3. The van der Waals surface area contributed by atoms with Crippen LogP contribution in [0, 0.1) is 20.7 Å². The number of benzene rings is 6. The summed E-state index contributed by atoms with van der Waals surface area (Å²) in [6.07, 6.45) is 1.62. The average molecular weight is 844 g/mol. The summed E-state index contributed by atoms with van der Waals surface area (Å²) in [6, 6.07) is 35.4. The van der Waals surface area contributed by atoms with Crippen molar-refractivity contribution < 1.29 is 24.3 Å². The van der Waals surface area contributed by atoms with Crippen molar-refractivity contribution in [2.75, 3.05) is 0 Å². The minimum atomic E-state index is -3.40. The van der Waals surface area contributed by atoms with Gasteiger partial charge < -0.3 is 5.11 Å². The van der Waals surface area contributed by atoms with E-state index >= 15 is 0 Å². The second-order valence-corrected chi connectivity index (χ2v) is 18.2. The lowest BCUT2D eigenvalue weighted by Gasteiger charge is -2.22. The van der Waals surface area contributed by atoms with Gasteiger partial charge in [0, 0.05) is 36.5 Å². The number of phenolic OH excluding ortho intramolecular Hbond substituents is 1. The molecule has 0 unspecified atom stereocenters. The van der Waals surface area contributed by atoms with Crippen LogP contribution < -0.4 is 0 Å². The maximum Gasteiger partial charge on any atom is 0.149 e. The number of nitrogens with zero attached hydrogens (tertiary/aromatic N) is 3. The molecule has 4 heteroatoms. The Morgan fingerprint density at radius 3 is 1.97 bits per heavy atom. The van der Waals surface area contributed by atoms with Crippen molar-refractivity contribution in [2.45, 2.75) is 112 Å². The second kappa shape index (κ2) is 16.5. The fourth-order valence-corrected chi connectivity index (χ4v) is 8.52. The Bertz CT molecular complexity index is 3490. The molecule has 2 heterocycles. The first-order valence-electron chi connectivity index (χ1n) is 28.2. The molecular formula is C59H63N3O. The number of imidazole rings is 1. The number of hydrogen-bond acceptors (Lipinski definition) is 3. The van der Waals surface area contributed by atoms with Crippen LogP contribution in [-0.2, 0) is 10.8 Å². The van der Waals surface area contributed by atoms with Crippen LogP contribution in [0.5, 0.6) is 5.75 Å². The molecule has 0 aliphatic rings. The van der Waals surface area contributed by atoms with Crippen molar-refractivity contribution in [1.29, 1.82) is 0 Å². The molecule has 2 aromatic heterocycles. The number of phenols is 1. The molecule has 0 amide bonds. The van der Waals surface area contributed by atoms with Gasteiger partial charge in [-0.05, 0) is 159 Å². The molecular weight excluding hydrogens is 767 g/mol. The van der Waals surface area contributed by atoms with E-state index in [1.165, 1.54) is 24.3 Å². The quantitative estimate of drug-likeness (QED) is 0.166. The molecule has 4 nitrogen and oxygen atoms in total. The molecule has 0 saturated carbocycles. The van der Waals surface area contributed by atoms with Gasteiger partial charge in [-0.3, -0.25) is 9.55 Å². The molecule has 320 valence electrons. The summed E-state index contributed by atoms with van der Waals surface area (Å²) >= 11 is 0. The number of aromatic hydroxyl groups is 1. The summed E-state index contributed by atoms with van der Waals surface area (Å²) in [5, 5.41) is 11.9. The zero-order valence-corrected chi connectivity index (χ0v) is 37.4. The molecule has 0 radical (unpaired) electrons. The molecule has 6 aromatic carbocycles. The van der Waals surface area contributed by atoms with E-state index in [4.69, 9.17) is 29.2 Å². The van der Waals surface area contributed by atoms with Gasteiger partial charge in [0.05, 0.1) is 28.0 Å². The van der Waals surface area contributed by atoms with Gasteiger partial charge >= 0.3 is 0 Å². The maximum absolute atomic E-state index is 11.9. The first kappa shape index (κ1) is 29.2. The van der Waals surface area contributed by atoms with Gasteiger partial charge in [-0.1, -0.05) is 142 Å². The Kier molecular flexibility index (Phi) is 7.62. The normalized spacial score (nSPS) is 16.7. The summed E-state index contributed by atoms with van der Waals surface area (Å²) in [5.74, 6) is -1.90. The molecule has 63 heavy (non-hydrogen) atoms. The zero-order chi connectivity index (χ0) is 57.0. The van der Waals surface area contributed by atoms with E-state index in [2.05, 4.69) is 26.8 Å². The van der Waals surface area contributed by atoms with Crippen LogP contribution in [0.15, 0.2) is 128 Å². The SMILES string of the molecule is [2H]C([2H])([2H])c1cc(-c2c(C([2H])(C)C)cccc2C([2H])(C)C)ccc1-n1c(-c2cc(C)cc(C)c2O)nc2c(-c3cc(-c4cc(-c5ccc(C(C([2H])([2H])[2H])(C([2H])([2H])[2H])C([2H])([2H])[2H])cc5)ccn4)cc(C(C)(C)C)c3)cccc21. The summed E-state index contributed by atoms with van der Waals surface area (Å²) in [6.45, 7) is 4.18. The molecule has 1 N–H and O–H groups in total. The van der Waals surface area contributed by atoms with Crippen molar-refractivity contribution in [2.24, 2.45) is 0 Å². The third-order valence-electron chi connectivity index (χ3n) is 11.9. The van der Waals surface area contributed by atoms with Gasteiger partial charge in [-0.25, -0.2) is 4.98 Å². The topological polar surface area (TPSA) is 50.9 Å². The van der Waals surface area contributed by atoms with Crippen molar-refractivity contribution >= 4 is 11.0 Å². The van der Waals surface area contributed by atoms with Crippen LogP contribution in [0.4, 0.5) is 0 Å². The molecule has 8 rings (SSSR count). The van der Waals surface area contributed by atoms with Gasteiger partial charge in [0.25, 0.3) is 0 Å². The highest BCUT2D eigenvalue weighted by molar-refractivity contribution is 5.97. The number of hydrogen-bond donors (Lipinski definition) is 1. The third-order valence-corrected chi connectivity index (χ3v) is 11.9. The van der Waals surface area contributed by atoms with Crippen LogP contribution in [0.1, 0.15) is 139 Å². The summed E-state index contributed by atoms with van der Waals surface area (Å²) in [7, 11) is 0. The Morgan fingerprint density at radius 1 is 0.619 bits per heavy atom. The minimum Gasteiger partial charge on any atom is -0.507 e. The molecule has 0 saturated heterocycles. The second-order valence-electron chi connectivity index (χ2n) is 18.2. The lowest BCUT2D eigenvalue weighted by atomic mass is 9.83. The van der Waals surface area contributed by atoms with Crippen molar-refractivity contribution in [1.82, 2.24) is 14.5 Å². The number of pyridine rings is 1. The summed E-state index contributed by atoms with van der Waals surface area (Å²) < 4.78 is 121. The van der Waals surface area contributed by atoms with E-state index in [0.29, 0.717) is 78.3 Å².